The summed E-state index contributed by atoms with van der Waals surface area (Å²) in [5.41, 5.74) is 0.0128. The van der Waals surface area contributed by atoms with Crippen LogP contribution in [0.4, 0.5) is 13.2 Å². The Morgan fingerprint density at radius 1 is 1.21 bits per heavy atom. The number of hydrogen-bond donors (Lipinski definition) is 1. The second-order valence-electron chi connectivity index (χ2n) is 4.61. The van der Waals surface area contributed by atoms with E-state index in [4.69, 9.17) is 4.74 Å². The van der Waals surface area contributed by atoms with Gasteiger partial charge in [-0.3, -0.25) is 0 Å². The molecular formula is C13H15BrF3NO. The number of ether oxygens (including phenoxy) is 1. The van der Waals surface area contributed by atoms with Crippen molar-refractivity contribution in [3.05, 3.63) is 33.8 Å². The summed E-state index contributed by atoms with van der Waals surface area (Å²) in [4.78, 5) is 0. The van der Waals surface area contributed by atoms with E-state index in [0.717, 1.165) is 18.9 Å². The van der Waals surface area contributed by atoms with Gasteiger partial charge in [-0.25, -0.2) is 0 Å². The van der Waals surface area contributed by atoms with E-state index in [0.29, 0.717) is 35.8 Å². The Hall–Kier alpha value is -0.590. The number of benzene rings is 1. The average Bonchev–Trinajstić information content (AvgIpc) is 2.36. The van der Waals surface area contributed by atoms with Gasteiger partial charge in [0.1, 0.15) is 0 Å². The highest BCUT2D eigenvalue weighted by Crippen LogP contribution is 2.32. The minimum Gasteiger partial charge on any atom is -0.381 e. The number of hydrogen-bond acceptors (Lipinski definition) is 2. The molecule has 1 saturated heterocycles. The van der Waals surface area contributed by atoms with Crippen molar-refractivity contribution in [1.82, 2.24) is 5.32 Å². The molecule has 6 heteroatoms. The molecule has 0 bridgehead atoms. The molecule has 0 radical (unpaired) electrons. The fraction of sp³-hybridized carbons (Fsp3) is 0.538. The Kier molecular flexibility index (Phi) is 4.86. The summed E-state index contributed by atoms with van der Waals surface area (Å²) in [6.45, 7) is 1.86. The lowest BCUT2D eigenvalue weighted by molar-refractivity contribution is -0.137. The van der Waals surface area contributed by atoms with E-state index in [9.17, 15) is 13.2 Å². The normalized spacial score (nSPS) is 17.7. The Balaban J connectivity index is 2.01. The fourth-order valence-corrected chi connectivity index (χ4v) is 2.62. The molecule has 2 nitrogen and oxygen atoms in total. The maximum absolute atomic E-state index is 12.7. The Morgan fingerprint density at radius 2 is 1.89 bits per heavy atom. The highest BCUT2D eigenvalue weighted by atomic mass is 79.9. The molecule has 1 heterocycles. The third-order valence-electron chi connectivity index (χ3n) is 3.10. The van der Waals surface area contributed by atoms with Crippen LogP contribution in [0.1, 0.15) is 24.0 Å². The molecule has 1 aliphatic rings. The molecule has 0 unspecified atom stereocenters. The molecule has 0 atom stereocenters. The quantitative estimate of drug-likeness (QED) is 0.907. The van der Waals surface area contributed by atoms with E-state index in [2.05, 4.69) is 21.2 Å². The van der Waals surface area contributed by atoms with Crippen molar-refractivity contribution >= 4 is 15.9 Å². The van der Waals surface area contributed by atoms with Gasteiger partial charge in [-0.1, -0.05) is 15.9 Å². The smallest absolute Gasteiger partial charge is 0.381 e. The number of rotatable bonds is 3. The van der Waals surface area contributed by atoms with E-state index < -0.39 is 11.7 Å². The van der Waals surface area contributed by atoms with Crippen molar-refractivity contribution in [2.24, 2.45) is 0 Å². The Morgan fingerprint density at radius 3 is 2.53 bits per heavy atom. The third kappa shape index (κ3) is 4.47. The van der Waals surface area contributed by atoms with Crippen molar-refractivity contribution < 1.29 is 17.9 Å². The molecule has 1 aromatic rings. The second kappa shape index (κ2) is 6.24. The summed E-state index contributed by atoms with van der Waals surface area (Å²) in [7, 11) is 0. The lowest BCUT2D eigenvalue weighted by Crippen LogP contribution is -2.34. The molecule has 1 fully saturated rings. The van der Waals surface area contributed by atoms with Gasteiger partial charge >= 0.3 is 6.18 Å². The van der Waals surface area contributed by atoms with Crippen molar-refractivity contribution in [3.8, 4) is 0 Å². The van der Waals surface area contributed by atoms with Gasteiger partial charge in [-0.15, -0.1) is 0 Å². The van der Waals surface area contributed by atoms with E-state index in [1.54, 1.807) is 6.07 Å². The number of nitrogens with one attached hydrogen (secondary N) is 1. The van der Waals surface area contributed by atoms with Gasteiger partial charge in [0, 0.05) is 30.3 Å². The van der Waals surface area contributed by atoms with Gasteiger partial charge in [0.25, 0.3) is 0 Å². The molecule has 0 saturated carbocycles. The first-order chi connectivity index (χ1) is 8.95. The van der Waals surface area contributed by atoms with Crippen molar-refractivity contribution in [1.29, 1.82) is 0 Å². The van der Waals surface area contributed by atoms with Crippen LogP contribution in [0.15, 0.2) is 22.7 Å². The summed E-state index contributed by atoms with van der Waals surface area (Å²) in [6.07, 6.45) is -2.50. The topological polar surface area (TPSA) is 21.3 Å². The molecule has 2 rings (SSSR count). The third-order valence-corrected chi connectivity index (χ3v) is 3.56. The summed E-state index contributed by atoms with van der Waals surface area (Å²) in [5.74, 6) is 0. The highest BCUT2D eigenvalue weighted by molar-refractivity contribution is 9.10. The maximum atomic E-state index is 12.7. The zero-order chi connectivity index (χ0) is 13.9. The van der Waals surface area contributed by atoms with Crippen LogP contribution in [0.25, 0.3) is 0 Å². The number of alkyl halides is 3. The van der Waals surface area contributed by atoms with Crippen LogP contribution in [-0.2, 0) is 17.5 Å². The first-order valence-electron chi connectivity index (χ1n) is 6.13. The molecule has 106 valence electrons. The monoisotopic (exact) mass is 337 g/mol. The fourth-order valence-electron chi connectivity index (χ4n) is 2.08. The molecular weight excluding hydrogens is 323 g/mol. The van der Waals surface area contributed by atoms with Gasteiger partial charge in [0.2, 0.25) is 0 Å². The van der Waals surface area contributed by atoms with E-state index >= 15 is 0 Å². The average molecular weight is 338 g/mol. The first kappa shape index (κ1) is 14.8. The van der Waals surface area contributed by atoms with Gasteiger partial charge in [0.15, 0.2) is 0 Å². The minimum absolute atomic E-state index is 0.321. The predicted molar refractivity (Wildman–Crippen MR) is 69.8 cm³/mol. The van der Waals surface area contributed by atoms with Crippen LogP contribution in [0.2, 0.25) is 0 Å². The van der Waals surface area contributed by atoms with Crippen LogP contribution >= 0.6 is 15.9 Å². The molecule has 0 spiro atoms. The molecule has 0 amide bonds. The predicted octanol–water partition coefficient (Wildman–Crippen LogP) is 3.74. The van der Waals surface area contributed by atoms with E-state index in [-0.39, 0.29) is 0 Å². The molecule has 1 N–H and O–H groups in total. The second-order valence-corrected chi connectivity index (χ2v) is 5.53. The zero-order valence-corrected chi connectivity index (χ0v) is 11.9. The van der Waals surface area contributed by atoms with Crippen molar-refractivity contribution in [3.63, 3.8) is 0 Å². The summed E-state index contributed by atoms with van der Waals surface area (Å²) in [5, 5.41) is 3.28. The van der Waals surface area contributed by atoms with Crippen molar-refractivity contribution in [2.45, 2.75) is 31.6 Å². The van der Waals surface area contributed by atoms with Crippen molar-refractivity contribution in [2.75, 3.05) is 13.2 Å². The summed E-state index contributed by atoms with van der Waals surface area (Å²) >= 11 is 3.12. The van der Waals surface area contributed by atoms with Gasteiger partial charge in [-0.05, 0) is 36.6 Å². The first-order valence-corrected chi connectivity index (χ1v) is 6.92. The standard InChI is InChI=1S/C13H15BrF3NO/c14-11-6-9(5-10(7-11)13(15,16)17)8-18-12-1-3-19-4-2-12/h5-7,12,18H,1-4,8H2. The van der Waals surface area contributed by atoms with Crippen LogP contribution in [0.3, 0.4) is 0 Å². The minimum atomic E-state index is -4.31. The largest absolute Gasteiger partial charge is 0.416 e. The maximum Gasteiger partial charge on any atom is 0.416 e. The van der Waals surface area contributed by atoms with Crippen LogP contribution in [0.5, 0.6) is 0 Å². The van der Waals surface area contributed by atoms with Gasteiger partial charge in [0.05, 0.1) is 5.56 Å². The van der Waals surface area contributed by atoms with Crippen LogP contribution < -0.4 is 5.32 Å². The summed E-state index contributed by atoms with van der Waals surface area (Å²) in [6, 6.07) is 4.32. The molecule has 19 heavy (non-hydrogen) atoms. The Bertz CT molecular complexity index is 430. The highest BCUT2D eigenvalue weighted by Gasteiger charge is 2.31. The van der Waals surface area contributed by atoms with Gasteiger partial charge < -0.3 is 10.1 Å². The molecule has 0 aromatic heterocycles. The van der Waals surface area contributed by atoms with Gasteiger partial charge in [-0.2, -0.15) is 13.2 Å². The Labute approximate surface area is 118 Å². The lowest BCUT2D eigenvalue weighted by Gasteiger charge is -2.23. The summed E-state index contributed by atoms with van der Waals surface area (Å²) < 4.78 is 43.7. The number of halogens is 4. The lowest BCUT2D eigenvalue weighted by atomic mass is 10.1. The van der Waals surface area contributed by atoms with Crippen LogP contribution in [0, 0.1) is 0 Å². The van der Waals surface area contributed by atoms with E-state index in [1.165, 1.54) is 6.07 Å². The van der Waals surface area contributed by atoms with Crippen LogP contribution in [-0.4, -0.2) is 19.3 Å². The SMILES string of the molecule is FC(F)(F)c1cc(Br)cc(CNC2CCOCC2)c1. The molecule has 1 aliphatic heterocycles. The van der Waals surface area contributed by atoms with E-state index in [1.807, 2.05) is 0 Å². The molecule has 0 aliphatic carbocycles. The zero-order valence-electron chi connectivity index (χ0n) is 10.3. The molecule has 1 aromatic carbocycles.